The summed E-state index contributed by atoms with van der Waals surface area (Å²) in [5.74, 6) is 0.367. The van der Waals surface area contributed by atoms with Gasteiger partial charge in [0.25, 0.3) is 0 Å². The molecule has 0 bridgehead atoms. The highest BCUT2D eigenvalue weighted by atomic mass is 35.5. The van der Waals surface area contributed by atoms with Crippen LogP contribution in [0.4, 0.5) is 0 Å². The quantitative estimate of drug-likeness (QED) is 0.878. The van der Waals surface area contributed by atoms with Crippen LogP contribution in [0.5, 0.6) is 11.5 Å². The Balaban J connectivity index is 2.30. The molecule has 1 unspecified atom stereocenters. The maximum Gasteiger partial charge on any atom is 0.303 e. The van der Waals surface area contributed by atoms with E-state index in [0.29, 0.717) is 22.9 Å². The molecule has 1 aromatic rings. The summed E-state index contributed by atoms with van der Waals surface area (Å²) in [6.45, 7) is 2.01. The average Bonchev–Trinajstić information content (AvgIpc) is 2.74. The molecule has 0 saturated carbocycles. The van der Waals surface area contributed by atoms with Crippen LogP contribution in [0, 0.1) is 6.92 Å². The maximum atomic E-state index is 10.6. The Bertz CT molecular complexity index is 489. The molecule has 0 spiro atoms. The van der Waals surface area contributed by atoms with Crippen molar-refractivity contribution < 1.29 is 19.4 Å². The third-order valence-corrected chi connectivity index (χ3v) is 3.25. The van der Waals surface area contributed by atoms with Crippen molar-refractivity contribution in [1.82, 2.24) is 0 Å². The average molecular weight is 272 g/mol. The first-order valence-corrected chi connectivity index (χ1v) is 5.94. The first kappa shape index (κ1) is 13.0. The molecule has 1 aromatic carbocycles. The molecule has 0 radical (unpaired) electrons. The fraction of sp³-hybridized carbons (Fsp3) is 0.417. The van der Waals surface area contributed by atoms with E-state index < -0.39 is 12.0 Å². The summed E-state index contributed by atoms with van der Waals surface area (Å²) in [7, 11) is 0. The molecule has 5 nitrogen and oxygen atoms in total. The summed E-state index contributed by atoms with van der Waals surface area (Å²) in [4.78, 5) is 10.6. The van der Waals surface area contributed by atoms with Gasteiger partial charge in [0.15, 0.2) is 11.5 Å². The summed E-state index contributed by atoms with van der Waals surface area (Å²) in [6.07, 6.45) is 0.334. The molecule has 6 heteroatoms. The van der Waals surface area contributed by atoms with Gasteiger partial charge < -0.3 is 20.3 Å². The normalized spacial score (nSPS) is 14.6. The largest absolute Gasteiger partial charge is 0.481 e. The third-order valence-electron chi connectivity index (χ3n) is 2.94. The van der Waals surface area contributed by atoms with Gasteiger partial charge in [0, 0.05) is 29.1 Å². The van der Waals surface area contributed by atoms with Gasteiger partial charge in [0.1, 0.15) is 0 Å². The molecule has 0 fully saturated rings. The minimum absolute atomic E-state index is 0.00533. The molecular formula is C12H14ClNO4. The van der Waals surface area contributed by atoms with E-state index in [4.69, 9.17) is 31.9 Å². The molecule has 3 N–H and O–H groups in total. The van der Waals surface area contributed by atoms with Gasteiger partial charge in [-0.3, -0.25) is 4.79 Å². The highest BCUT2D eigenvalue weighted by molar-refractivity contribution is 6.31. The van der Waals surface area contributed by atoms with Crippen LogP contribution in [0.2, 0.25) is 5.02 Å². The van der Waals surface area contributed by atoms with Crippen LogP contribution >= 0.6 is 11.6 Å². The second kappa shape index (κ2) is 5.04. The highest BCUT2D eigenvalue weighted by Crippen LogP contribution is 2.43. The number of benzene rings is 1. The van der Waals surface area contributed by atoms with Crippen LogP contribution in [-0.2, 0) is 4.79 Å². The van der Waals surface area contributed by atoms with Crippen molar-refractivity contribution in [3.63, 3.8) is 0 Å². The number of carboxylic acid groups (broad SMARTS) is 1. The third kappa shape index (κ3) is 2.37. The molecule has 0 saturated heterocycles. The van der Waals surface area contributed by atoms with E-state index in [0.717, 1.165) is 11.1 Å². The fourth-order valence-electron chi connectivity index (χ4n) is 2.06. The molecule has 0 aromatic heterocycles. The Morgan fingerprint density at radius 3 is 3.00 bits per heavy atom. The van der Waals surface area contributed by atoms with Crippen molar-refractivity contribution in [3.8, 4) is 11.5 Å². The molecule has 98 valence electrons. The Kier molecular flexibility index (Phi) is 3.63. The van der Waals surface area contributed by atoms with Crippen LogP contribution in [-0.4, -0.2) is 17.9 Å². The Labute approximate surface area is 109 Å². The van der Waals surface area contributed by atoms with Gasteiger partial charge in [-0.1, -0.05) is 11.6 Å². The van der Waals surface area contributed by atoms with Gasteiger partial charge >= 0.3 is 5.97 Å². The predicted molar refractivity (Wildman–Crippen MR) is 66.1 cm³/mol. The number of hydrogen-bond acceptors (Lipinski definition) is 4. The highest BCUT2D eigenvalue weighted by Gasteiger charge is 2.24. The van der Waals surface area contributed by atoms with Crippen molar-refractivity contribution in [2.75, 3.05) is 6.79 Å². The molecular weight excluding hydrogens is 258 g/mol. The lowest BCUT2D eigenvalue weighted by Gasteiger charge is -2.17. The van der Waals surface area contributed by atoms with E-state index in [-0.39, 0.29) is 13.2 Å². The Morgan fingerprint density at radius 1 is 1.61 bits per heavy atom. The van der Waals surface area contributed by atoms with E-state index in [2.05, 4.69) is 0 Å². The zero-order valence-electron chi connectivity index (χ0n) is 9.90. The van der Waals surface area contributed by atoms with Gasteiger partial charge in [0.05, 0.1) is 0 Å². The Hall–Kier alpha value is -1.46. The number of hydrogen-bond donors (Lipinski definition) is 2. The van der Waals surface area contributed by atoms with Crippen LogP contribution in [0.3, 0.4) is 0 Å². The van der Waals surface area contributed by atoms with Gasteiger partial charge in [-0.2, -0.15) is 0 Å². The summed E-state index contributed by atoms with van der Waals surface area (Å²) < 4.78 is 10.6. The van der Waals surface area contributed by atoms with Gasteiger partial charge in [-0.15, -0.1) is 0 Å². The lowest BCUT2D eigenvalue weighted by atomic mass is 9.97. The van der Waals surface area contributed by atoms with Gasteiger partial charge in [-0.05, 0) is 18.9 Å². The number of nitrogens with two attached hydrogens (primary N) is 1. The maximum absolute atomic E-state index is 10.6. The number of rotatable bonds is 4. The van der Waals surface area contributed by atoms with Crippen molar-refractivity contribution in [2.45, 2.75) is 25.8 Å². The van der Waals surface area contributed by atoms with Crippen LogP contribution < -0.4 is 15.2 Å². The monoisotopic (exact) mass is 271 g/mol. The summed E-state index contributed by atoms with van der Waals surface area (Å²) in [5.41, 5.74) is 7.53. The smallest absolute Gasteiger partial charge is 0.303 e. The predicted octanol–water partition coefficient (Wildman–Crippen LogP) is 2.24. The van der Waals surface area contributed by atoms with Gasteiger partial charge in [0.2, 0.25) is 6.79 Å². The molecule has 2 rings (SSSR count). The first-order chi connectivity index (χ1) is 8.50. The van der Waals surface area contributed by atoms with Crippen LogP contribution in [0.1, 0.15) is 30.0 Å². The van der Waals surface area contributed by atoms with Crippen molar-refractivity contribution in [1.29, 1.82) is 0 Å². The summed E-state index contributed by atoms with van der Waals surface area (Å²) >= 11 is 6.16. The van der Waals surface area contributed by atoms with Crippen molar-refractivity contribution in [2.24, 2.45) is 5.73 Å². The van der Waals surface area contributed by atoms with E-state index >= 15 is 0 Å². The SMILES string of the molecule is Cc1c2c(cc(Cl)c1C(N)CCC(=O)O)OCO2. The Morgan fingerprint density at radius 2 is 2.33 bits per heavy atom. The second-order valence-electron chi connectivity index (χ2n) is 4.17. The summed E-state index contributed by atoms with van der Waals surface area (Å²) in [6, 6.07) is 1.23. The first-order valence-electron chi connectivity index (χ1n) is 5.56. The summed E-state index contributed by atoms with van der Waals surface area (Å²) in [5, 5.41) is 9.15. The van der Waals surface area contributed by atoms with E-state index in [1.54, 1.807) is 6.07 Å². The number of carbonyl (C=O) groups is 1. The van der Waals surface area contributed by atoms with Gasteiger partial charge in [-0.25, -0.2) is 0 Å². The van der Waals surface area contributed by atoms with E-state index in [9.17, 15) is 4.79 Å². The van der Waals surface area contributed by atoms with Crippen LogP contribution in [0.25, 0.3) is 0 Å². The molecule has 1 aliphatic rings. The fourth-order valence-corrected chi connectivity index (χ4v) is 2.44. The van der Waals surface area contributed by atoms with E-state index in [1.165, 1.54) is 0 Å². The zero-order chi connectivity index (χ0) is 13.3. The second-order valence-corrected chi connectivity index (χ2v) is 4.58. The topological polar surface area (TPSA) is 81.8 Å². The lowest BCUT2D eigenvalue weighted by Crippen LogP contribution is -2.14. The van der Waals surface area contributed by atoms with Crippen LogP contribution in [0.15, 0.2) is 6.07 Å². The number of ether oxygens (including phenoxy) is 2. The minimum Gasteiger partial charge on any atom is -0.481 e. The minimum atomic E-state index is -0.875. The molecule has 1 atom stereocenters. The van der Waals surface area contributed by atoms with E-state index in [1.807, 2.05) is 6.92 Å². The molecule has 1 aliphatic heterocycles. The molecule has 0 aliphatic carbocycles. The molecule has 0 amide bonds. The molecule has 1 heterocycles. The van der Waals surface area contributed by atoms with Crippen molar-refractivity contribution in [3.05, 3.63) is 22.2 Å². The number of aliphatic carboxylic acids is 1. The number of carboxylic acids is 1. The van der Waals surface area contributed by atoms with Crippen molar-refractivity contribution >= 4 is 17.6 Å². The number of halogens is 1. The zero-order valence-corrected chi connectivity index (χ0v) is 10.7. The number of fused-ring (bicyclic) bond motifs is 1. The molecule has 18 heavy (non-hydrogen) atoms. The standard InChI is InChI=1S/C12H14ClNO4/c1-6-11(8(14)2-3-10(15)16)7(13)4-9-12(6)18-5-17-9/h4,8H,2-3,5,14H2,1H3,(H,15,16). The lowest BCUT2D eigenvalue weighted by molar-refractivity contribution is -0.137.